The number of halogens is 1. The molecule has 1 N–H and O–H groups in total. The van der Waals surface area contributed by atoms with Crippen LogP contribution in [0.5, 0.6) is 0 Å². The third-order valence-electron chi connectivity index (χ3n) is 4.26. The maximum Gasteiger partial charge on any atom is 0.242 e. The first kappa shape index (κ1) is 16.2. The summed E-state index contributed by atoms with van der Waals surface area (Å²) >= 11 is 6.07. The SMILES string of the molecule is Cc1ccc(S(=O)(=O)NC2CCC3(CC2)OCCO3)c(Cl)c1. The molecule has 1 aromatic rings. The van der Waals surface area contributed by atoms with Crippen molar-refractivity contribution in [2.75, 3.05) is 13.2 Å². The minimum Gasteiger partial charge on any atom is -0.348 e. The minimum absolute atomic E-state index is 0.110. The van der Waals surface area contributed by atoms with Gasteiger partial charge in [-0.25, -0.2) is 13.1 Å². The Balaban J connectivity index is 1.67. The Labute approximate surface area is 136 Å². The van der Waals surface area contributed by atoms with Crippen LogP contribution in [0.1, 0.15) is 31.2 Å². The van der Waals surface area contributed by atoms with E-state index in [0.29, 0.717) is 38.9 Å². The molecule has 0 aromatic heterocycles. The summed E-state index contributed by atoms with van der Waals surface area (Å²) in [6.45, 7) is 3.11. The molecule has 1 spiro atoms. The molecular formula is C15H20ClNO4S. The number of hydrogen-bond acceptors (Lipinski definition) is 4. The van der Waals surface area contributed by atoms with Crippen LogP contribution in [0.2, 0.25) is 5.02 Å². The van der Waals surface area contributed by atoms with Gasteiger partial charge in [-0.15, -0.1) is 0 Å². The molecule has 122 valence electrons. The lowest BCUT2D eigenvalue weighted by molar-refractivity contribution is -0.178. The molecule has 2 fully saturated rings. The number of benzene rings is 1. The van der Waals surface area contributed by atoms with E-state index in [-0.39, 0.29) is 16.0 Å². The maximum atomic E-state index is 12.5. The van der Waals surface area contributed by atoms with E-state index in [0.717, 1.165) is 5.56 Å². The maximum absolute atomic E-state index is 12.5. The van der Waals surface area contributed by atoms with E-state index >= 15 is 0 Å². The van der Waals surface area contributed by atoms with Crippen LogP contribution >= 0.6 is 11.6 Å². The fourth-order valence-electron chi connectivity index (χ4n) is 3.07. The molecule has 0 amide bonds. The highest BCUT2D eigenvalue weighted by molar-refractivity contribution is 7.89. The summed E-state index contributed by atoms with van der Waals surface area (Å²) in [4.78, 5) is 0.133. The third kappa shape index (κ3) is 3.31. The van der Waals surface area contributed by atoms with E-state index in [9.17, 15) is 8.42 Å². The number of aryl methyl sites for hydroxylation is 1. The van der Waals surface area contributed by atoms with Crippen molar-refractivity contribution >= 4 is 21.6 Å². The summed E-state index contributed by atoms with van der Waals surface area (Å²) in [5, 5.41) is 0.252. The van der Waals surface area contributed by atoms with Crippen LogP contribution in [0.4, 0.5) is 0 Å². The largest absolute Gasteiger partial charge is 0.348 e. The second-order valence-electron chi connectivity index (χ2n) is 5.94. The number of sulfonamides is 1. The molecule has 3 rings (SSSR count). The molecule has 1 saturated carbocycles. The topological polar surface area (TPSA) is 64.6 Å². The second-order valence-corrected chi connectivity index (χ2v) is 8.03. The highest BCUT2D eigenvalue weighted by Gasteiger charge is 2.41. The van der Waals surface area contributed by atoms with Crippen LogP contribution in [0.3, 0.4) is 0 Å². The summed E-state index contributed by atoms with van der Waals surface area (Å²) in [6, 6.07) is 4.84. The predicted molar refractivity (Wildman–Crippen MR) is 83.4 cm³/mol. The molecule has 1 aliphatic heterocycles. The normalized spacial score (nSPS) is 22.3. The molecule has 0 bridgehead atoms. The molecule has 0 radical (unpaired) electrons. The molecule has 1 aromatic carbocycles. The molecule has 2 aliphatic rings. The van der Waals surface area contributed by atoms with Crippen molar-refractivity contribution in [3.8, 4) is 0 Å². The van der Waals surface area contributed by atoms with Crippen molar-refractivity contribution in [2.24, 2.45) is 0 Å². The zero-order chi connectivity index (χ0) is 15.8. The zero-order valence-corrected chi connectivity index (χ0v) is 14.0. The fourth-order valence-corrected chi connectivity index (χ4v) is 4.97. The van der Waals surface area contributed by atoms with Gasteiger partial charge in [0.1, 0.15) is 4.90 Å². The van der Waals surface area contributed by atoms with Gasteiger partial charge in [0.2, 0.25) is 10.0 Å². The standard InChI is InChI=1S/C15H20ClNO4S/c1-11-2-3-14(13(16)10-11)22(18,19)17-12-4-6-15(7-5-12)20-8-9-21-15/h2-3,10,12,17H,4-9H2,1H3. The van der Waals surface area contributed by atoms with E-state index in [4.69, 9.17) is 21.1 Å². The summed E-state index contributed by atoms with van der Waals surface area (Å²) in [6.07, 6.45) is 2.81. The van der Waals surface area contributed by atoms with Gasteiger partial charge in [0.05, 0.1) is 18.2 Å². The number of hydrogen-bond donors (Lipinski definition) is 1. The fraction of sp³-hybridized carbons (Fsp3) is 0.600. The van der Waals surface area contributed by atoms with Gasteiger partial charge in [-0.2, -0.15) is 0 Å². The molecule has 0 unspecified atom stereocenters. The molecule has 1 heterocycles. The van der Waals surface area contributed by atoms with Gasteiger partial charge in [-0.05, 0) is 37.5 Å². The summed E-state index contributed by atoms with van der Waals surface area (Å²) in [5.41, 5.74) is 0.930. The van der Waals surface area contributed by atoms with Crippen LogP contribution in [-0.4, -0.2) is 33.5 Å². The lowest BCUT2D eigenvalue weighted by atomic mass is 9.91. The van der Waals surface area contributed by atoms with Gasteiger partial charge >= 0.3 is 0 Å². The van der Waals surface area contributed by atoms with Gasteiger partial charge in [0.25, 0.3) is 0 Å². The smallest absolute Gasteiger partial charge is 0.242 e. The highest BCUT2D eigenvalue weighted by Crippen LogP contribution is 2.36. The Morgan fingerprint density at radius 2 is 1.86 bits per heavy atom. The molecule has 7 heteroatoms. The Kier molecular flexibility index (Phi) is 4.49. The molecule has 1 aliphatic carbocycles. The van der Waals surface area contributed by atoms with E-state index in [1.165, 1.54) is 0 Å². The van der Waals surface area contributed by atoms with Crippen LogP contribution in [-0.2, 0) is 19.5 Å². The zero-order valence-electron chi connectivity index (χ0n) is 12.5. The Morgan fingerprint density at radius 1 is 1.23 bits per heavy atom. The number of rotatable bonds is 3. The average Bonchev–Trinajstić information content (AvgIpc) is 2.89. The van der Waals surface area contributed by atoms with Crippen molar-refractivity contribution in [3.63, 3.8) is 0 Å². The molecular weight excluding hydrogens is 326 g/mol. The molecule has 22 heavy (non-hydrogen) atoms. The van der Waals surface area contributed by atoms with E-state index in [1.54, 1.807) is 18.2 Å². The van der Waals surface area contributed by atoms with Crippen molar-refractivity contribution in [1.82, 2.24) is 4.72 Å². The van der Waals surface area contributed by atoms with Crippen molar-refractivity contribution in [1.29, 1.82) is 0 Å². The number of nitrogens with one attached hydrogen (secondary N) is 1. The summed E-state index contributed by atoms with van der Waals surface area (Å²) < 4.78 is 39.0. The summed E-state index contributed by atoms with van der Waals surface area (Å²) in [7, 11) is -3.61. The quantitative estimate of drug-likeness (QED) is 0.914. The Bertz CT molecular complexity index is 646. The predicted octanol–water partition coefficient (Wildman–Crippen LogP) is 2.61. The van der Waals surface area contributed by atoms with Crippen molar-refractivity contribution < 1.29 is 17.9 Å². The first-order valence-corrected chi connectivity index (χ1v) is 9.33. The van der Waals surface area contributed by atoms with Crippen molar-refractivity contribution in [3.05, 3.63) is 28.8 Å². The number of ether oxygens (including phenoxy) is 2. The van der Waals surface area contributed by atoms with E-state index < -0.39 is 15.8 Å². The van der Waals surface area contributed by atoms with Gasteiger partial charge in [0.15, 0.2) is 5.79 Å². The van der Waals surface area contributed by atoms with Crippen LogP contribution in [0.25, 0.3) is 0 Å². The van der Waals surface area contributed by atoms with Crippen LogP contribution in [0.15, 0.2) is 23.1 Å². The van der Waals surface area contributed by atoms with Gasteiger partial charge in [-0.3, -0.25) is 0 Å². The van der Waals surface area contributed by atoms with Gasteiger partial charge in [0, 0.05) is 18.9 Å². The molecule has 5 nitrogen and oxygen atoms in total. The molecule has 1 saturated heterocycles. The second kappa shape index (κ2) is 6.09. The minimum atomic E-state index is -3.61. The van der Waals surface area contributed by atoms with Gasteiger partial charge in [-0.1, -0.05) is 17.7 Å². The highest BCUT2D eigenvalue weighted by atomic mass is 35.5. The molecule has 0 atom stereocenters. The lowest BCUT2D eigenvalue weighted by Crippen LogP contribution is -2.44. The van der Waals surface area contributed by atoms with Crippen LogP contribution < -0.4 is 4.72 Å². The van der Waals surface area contributed by atoms with E-state index in [1.807, 2.05) is 6.92 Å². The first-order chi connectivity index (χ1) is 10.4. The van der Waals surface area contributed by atoms with Gasteiger partial charge < -0.3 is 9.47 Å². The summed E-state index contributed by atoms with van der Waals surface area (Å²) in [5.74, 6) is -0.483. The van der Waals surface area contributed by atoms with E-state index in [2.05, 4.69) is 4.72 Å². The Morgan fingerprint density at radius 3 is 2.45 bits per heavy atom. The van der Waals surface area contributed by atoms with Crippen LogP contribution in [0, 0.1) is 6.92 Å². The third-order valence-corrected chi connectivity index (χ3v) is 6.26. The van der Waals surface area contributed by atoms with Crippen molar-refractivity contribution in [2.45, 2.75) is 49.3 Å². The lowest BCUT2D eigenvalue weighted by Gasteiger charge is -2.35. The monoisotopic (exact) mass is 345 g/mol. The Hall–Kier alpha value is -0.660. The average molecular weight is 346 g/mol. The first-order valence-electron chi connectivity index (χ1n) is 7.47.